The van der Waals surface area contributed by atoms with Crippen molar-refractivity contribution in [3.05, 3.63) is 130 Å². The van der Waals surface area contributed by atoms with Crippen LogP contribution in [0.15, 0.2) is 108 Å². The van der Waals surface area contributed by atoms with Crippen LogP contribution in [0.25, 0.3) is 0 Å². The molecule has 3 atom stereocenters. The molecule has 10 nitrogen and oxygen atoms in total. The molecule has 58 heavy (non-hydrogen) atoms. The second-order valence-corrected chi connectivity index (χ2v) is 16.5. The molecule has 4 rings (SSSR count). The van der Waals surface area contributed by atoms with Gasteiger partial charge in [0.2, 0.25) is 0 Å². The van der Waals surface area contributed by atoms with Crippen LogP contribution in [0.1, 0.15) is 120 Å². The predicted molar refractivity (Wildman–Crippen MR) is 233 cm³/mol. The lowest BCUT2D eigenvalue weighted by molar-refractivity contribution is -0.156. The summed E-state index contributed by atoms with van der Waals surface area (Å²) in [6.07, 6.45) is 18.1. The molecule has 0 aliphatic heterocycles. The van der Waals surface area contributed by atoms with Gasteiger partial charge >= 0.3 is 19.7 Å². The monoisotopic (exact) mass is 816 g/mol. The van der Waals surface area contributed by atoms with Gasteiger partial charge in [0, 0.05) is 19.4 Å². The highest BCUT2D eigenvalue weighted by atomic mass is 31.1. The Morgan fingerprint density at radius 3 is 1.66 bits per heavy atom. The van der Waals surface area contributed by atoms with Gasteiger partial charge < -0.3 is 24.7 Å². The molecule has 4 aromatic rings. The highest BCUT2D eigenvalue weighted by Gasteiger charge is 2.40. The summed E-state index contributed by atoms with van der Waals surface area (Å²) in [6.45, 7) is 5.81. The number of hydrogen-bond donors (Lipinski definition) is 2. The fourth-order valence-corrected chi connectivity index (χ4v) is 7.72. The van der Waals surface area contributed by atoms with Crippen molar-refractivity contribution in [1.29, 1.82) is 0 Å². The minimum absolute atomic E-state index is 0.0363. The van der Waals surface area contributed by atoms with E-state index >= 15 is 0 Å². The van der Waals surface area contributed by atoms with E-state index in [1.807, 2.05) is 91.0 Å². The molecule has 0 aliphatic rings. The second kappa shape index (κ2) is 27.1. The van der Waals surface area contributed by atoms with Crippen molar-refractivity contribution in [3.63, 3.8) is 0 Å². The summed E-state index contributed by atoms with van der Waals surface area (Å²) in [6, 6.07) is 29.6. The van der Waals surface area contributed by atoms with Crippen LogP contribution in [0.2, 0.25) is 0 Å². The van der Waals surface area contributed by atoms with E-state index in [4.69, 9.17) is 24.7 Å². The van der Waals surface area contributed by atoms with Crippen molar-refractivity contribution < 1.29 is 28.4 Å². The number of benzene rings is 3. The van der Waals surface area contributed by atoms with Gasteiger partial charge in [-0.15, -0.1) is 0 Å². The second-order valence-electron chi connectivity index (χ2n) is 15.5. The summed E-state index contributed by atoms with van der Waals surface area (Å²) in [5, 5.41) is 0. The van der Waals surface area contributed by atoms with Crippen molar-refractivity contribution in [1.82, 2.24) is 9.55 Å². The lowest BCUT2D eigenvalue weighted by atomic mass is 9.80. The zero-order valence-corrected chi connectivity index (χ0v) is 35.7. The van der Waals surface area contributed by atoms with Crippen molar-refractivity contribution in [3.8, 4) is 0 Å². The number of unbranched alkanes of at least 4 members (excludes halogenated alkanes) is 11. The number of nitrogens with zero attached hydrogens (tertiary/aromatic N) is 2. The third-order valence-corrected chi connectivity index (χ3v) is 11.0. The normalized spacial score (nSPS) is 13.1. The van der Waals surface area contributed by atoms with Crippen LogP contribution in [0.5, 0.6) is 0 Å². The summed E-state index contributed by atoms with van der Waals surface area (Å²) in [5.41, 5.74) is 6.74. The molecule has 3 N–H and O–H groups in total. The van der Waals surface area contributed by atoms with Gasteiger partial charge in [-0.25, -0.2) is 4.79 Å². The number of hydrogen-bond acceptors (Lipinski definition) is 8. The molecule has 0 bridgehead atoms. The van der Waals surface area contributed by atoms with E-state index in [-0.39, 0.29) is 25.6 Å². The molecule has 11 heteroatoms. The van der Waals surface area contributed by atoms with E-state index in [2.05, 4.69) is 18.8 Å². The van der Waals surface area contributed by atoms with Gasteiger partial charge in [-0.1, -0.05) is 182 Å². The van der Waals surface area contributed by atoms with E-state index in [0.29, 0.717) is 19.6 Å². The van der Waals surface area contributed by atoms with Gasteiger partial charge in [0.05, 0.1) is 19.8 Å². The first-order valence-electron chi connectivity index (χ1n) is 21.4. The SMILES string of the molecule is CC(C)CCCCCCCCCCCCCCOCCCOC(OC(COC(c1ccccc1)(c1ccccc1)c1ccccc1)Cn1ccc(N)nc1=O)[P+](=O)O. The van der Waals surface area contributed by atoms with Crippen LogP contribution >= 0.6 is 8.03 Å². The number of rotatable bonds is 31. The molecule has 0 saturated heterocycles. The molecular formula is C47H67N3O7P+. The molecule has 316 valence electrons. The number of aromatic nitrogens is 2. The first-order valence-corrected chi connectivity index (χ1v) is 22.7. The average Bonchev–Trinajstić information content (AvgIpc) is 3.23. The smallest absolute Gasteiger partial charge is 0.383 e. The Morgan fingerprint density at radius 1 is 0.690 bits per heavy atom. The Morgan fingerprint density at radius 2 is 1.17 bits per heavy atom. The zero-order chi connectivity index (χ0) is 41.3. The number of nitrogens with two attached hydrogens (primary N) is 1. The molecule has 0 saturated carbocycles. The number of anilines is 1. The maximum Gasteiger partial charge on any atom is 0.569 e. The maximum absolute atomic E-state index is 12.9. The topological polar surface area (TPSA) is 135 Å². The lowest BCUT2D eigenvalue weighted by Crippen LogP contribution is -2.40. The largest absolute Gasteiger partial charge is 0.569 e. The summed E-state index contributed by atoms with van der Waals surface area (Å²) in [4.78, 5) is 27.0. The van der Waals surface area contributed by atoms with Gasteiger partial charge in [-0.05, 0) is 46.1 Å². The van der Waals surface area contributed by atoms with Crippen molar-refractivity contribution >= 4 is 13.8 Å². The Kier molecular flexibility index (Phi) is 21.9. The quantitative estimate of drug-likeness (QED) is 0.0220. The average molecular weight is 817 g/mol. The van der Waals surface area contributed by atoms with Crippen molar-refractivity contribution in [2.24, 2.45) is 5.92 Å². The van der Waals surface area contributed by atoms with Gasteiger partial charge in [-0.2, -0.15) is 9.88 Å². The molecule has 0 spiro atoms. The number of nitrogen functional groups attached to an aromatic ring is 1. The van der Waals surface area contributed by atoms with Crippen molar-refractivity contribution in [2.45, 2.75) is 128 Å². The van der Waals surface area contributed by atoms with Crippen LogP contribution in [-0.2, 0) is 35.7 Å². The number of ether oxygens (including phenoxy) is 4. The molecule has 0 radical (unpaired) electrons. The van der Waals surface area contributed by atoms with Gasteiger partial charge in [0.25, 0.3) is 0 Å². The van der Waals surface area contributed by atoms with Gasteiger partial charge in [0.15, 0.2) is 0 Å². The van der Waals surface area contributed by atoms with E-state index in [1.54, 1.807) is 0 Å². The first kappa shape index (κ1) is 46.9. The molecule has 0 fully saturated rings. The summed E-state index contributed by atoms with van der Waals surface area (Å²) < 4.78 is 38.8. The highest BCUT2D eigenvalue weighted by Crippen LogP contribution is 2.41. The fourth-order valence-electron chi connectivity index (χ4n) is 7.21. The Hall–Kier alpha value is -3.76. The van der Waals surface area contributed by atoms with Crippen LogP contribution in [0.3, 0.4) is 0 Å². The maximum atomic E-state index is 12.9. The highest BCUT2D eigenvalue weighted by molar-refractivity contribution is 7.38. The van der Waals surface area contributed by atoms with E-state index in [1.165, 1.54) is 87.5 Å². The van der Waals surface area contributed by atoms with Gasteiger partial charge in [-0.3, -0.25) is 4.57 Å². The molecule has 0 aliphatic carbocycles. The Labute approximate surface area is 347 Å². The lowest BCUT2D eigenvalue weighted by Gasteiger charge is -2.37. The predicted octanol–water partition coefficient (Wildman–Crippen LogP) is 10.4. The fraction of sp³-hybridized carbons (Fsp3) is 0.532. The third-order valence-electron chi connectivity index (χ3n) is 10.3. The molecule has 0 amide bonds. The molecule has 3 aromatic carbocycles. The van der Waals surface area contributed by atoms with Gasteiger partial charge in [0.1, 0.15) is 17.5 Å². The zero-order valence-electron chi connectivity index (χ0n) is 34.8. The summed E-state index contributed by atoms with van der Waals surface area (Å²) in [7, 11) is -2.92. The summed E-state index contributed by atoms with van der Waals surface area (Å²) in [5.74, 6) is 0.920. The molecule has 3 unspecified atom stereocenters. The Balaban J connectivity index is 1.27. The minimum Gasteiger partial charge on any atom is -0.383 e. The first-order chi connectivity index (χ1) is 28.3. The van der Waals surface area contributed by atoms with Crippen LogP contribution in [0.4, 0.5) is 5.82 Å². The van der Waals surface area contributed by atoms with Crippen LogP contribution < -0.4 is 11.4 Å². The van der Waals surface area contributed by atoms with Crippen molar-refractivity contribution in [2.75, 3.05) is 32.2 Å². The molecule has 1 aromatic heterocycles. The third kappa shape index (κ3) is 16.5. The standard InChI is InChI=1S/C47H66N3O7P/c1-39(2)25-16-11-9-7-5-3-4-6-8-10-12-23-34-54-35-24-36-55-46(58(52)53)57-43(37-50-33-32-44(48)49-45(50)51)38-56-47(40-26-17-13-18-27-40,41-28-19-14-20-29-41)42-30-21-15-22-31-42/h13-15,17-22,26-33,39,43,46H,3-12,16,23-25,34-38H2,1-2H3,(H2-,48,49,51,52,53)/p+1. The van der Waals surface area contributed by atoms with E-state index < -0.39 is 31.5 Å². The van der Waals surface area contributed by atoms with Crippen LogP contribution in [-0.4, -0.2) is 53.0 Å². The summed E-state index contributed by atoms with van der Waals surface area (Å²) >= 11 is 0. The molecule has 1 heterocycles. The van der Waals surface area contributed by atoms with E-state index in [9.17, 15) is 14.3 Å². The minimum atomic E-state index is -2.92. The molecular weight excluding hydrogens is 750 g/mol. The van der Waals surface area contributed by atoms with E-state index in [0.717, 1.165) is 35.4 Å². The Bertz CT molecular complexity index is 1650. The van der Waals surface area contributed by atoms with Crippen LogP contribution in [0, 0.1) is 5.92 Å².